The second kappa shape index (κ2) is 7.68. The van der Waals surface area contributed by atoms with Gasteiger partial charge in [0.05, 0.1) is 12.0 Å². The van der Waals surface area contributed by atoms with Crippen molar-refractivity contribution >= 4 is 23.1 Å². The average molecular weight is 326 g/mol. The Morgan fingerprint density at radius 1 is 1.08 bits per heavy atom. The minimum Gasteiger partial charge on any atom is -0.464 e. The van der Waals surface area contributed by atoms with E-state index >= 15 is 0 Å². The van der Waals surface area contributed by atoms with Crippen molar-refractivity contribution in [2.24, 2.45) is 0 Å². The summed E-state index contributed by atoms with van der Waals surface area (Å²) in [5.41, 5.74) is 0.681. The second-order valence-corrected chi connectivity index (χ2v) is 4.71. The number of allylic oxidation sites excluding steroid dienone is 1. The summed E-state index contributed by atoms with van der Waals surface area (Å²) in [6.07, 6.45) is 1.10. The highest BCUT2D eigenvalue weighted by Gasteiger charge is 2.14. The number of esters is 1. The minimum absolute atomic E-state index is 0.0351. The quantitative estimate of drug-likeness (QED) is 0.288. The Morgan fingerprint density at radius 2 is 1.71 bits per heavy atom. The van der Waals surface area contributed by atoms with Crippen LogP contribution in [0.25, 0.3) is 0 Å². The molecule has 0 saturated heterocycles. The molecule has 0 unspecified atom stereocenters. The first-order valence-electron chi connectivity index (χ1n) is 6.92. The highest BCUT2D eigenvalue weighted by Crippen LogP contribution is 2.15. The molecule has 7 heteroatoms. The first-order valence-corrected chi connectivity index (χ1v) is 6.92. The van der Waals surface area contributed by atoms with Gasteiger partial charge in [0.25, 0.3) is 5.69 Å². The molecule has 0 atom stereocenters. The largest absolute Gasteiger partial charge is 0.464 e. The molecule has 0 saturated carbocycles. The van der Waals surface area contributed by atoms with Crippen molar-refractivity contribution in [3.63, 3.8) is 0 Å². The molecule has 0 bridgehead atoms. The van der Waals surface area contributed by atoms with Crippen molar-refractivity contribution in [2.45, 2.75) is 0 Å². The standard InChI is InChI=1S/C17H14N2O5/c1-24-17(21)15(18-13-5-3-2-4-6-13)11-16(20)12-7-9-14(10-8-12)19(22)23/h2-11,18H,1H3/b15-11+. The molecule has 0 aromatic heterocycles. The lowest BCUT2D eigenvalue weighted by Gasteiger charge is -2.09. The van der Waals surface area contributed by atoms with E-state index in [4.69, 9.17) is 0 Å². The lowest BCUT2D eigenvalue weighted by atomic mass is 10.1. The molecule has 0 aliphatic rings. The van der Waals surface area contributed by atoms with Gasteiger partial charge in [0.2, 0.25) is 0 Å². The Bertz CT molecular complexity index is 782. The van der Waals surface area contributed by atoms with Crippen LogP contribution in [0.1, 0.15) is 10.4 Å². The molecular formula is C17H14N2O5. The predicted molar refractivity (Wildman–Crippen MR) is 87.6 cm³/mol. The van der Waals surface area contributed by atoms with Crippen molar-refractivity contribution in [1.82, 2.24) is 0 Å². The number of anilines is 1. The average Bonchev–Trinajstić information content (AvgIpc) is 2.61. The number of rotatable bonds is 6. The second-order valence-electron chi connectivity index (χ2n) is 4.71. The number of carbonyl (C=O) groups is 2. The summed E-state index contributed by atoms with van der Waals surface area (Å²) < 4.78 is 4.66. The molecule has 0 radical (unpaired) electrons. The molecule has 2 aromatic carbocycles. The third-order valence-corrected chi connectivity index (χ3v) is 3.10. The van der Waals surface area contributed by atoms with Crippen LogP contribution in [-0.2, 0) is 9.53 Å². The highest BCUT2D eigenvalue weighted by atomic mass is 16.6. The van der Waals surface area contributed by atoms with Crippen molar-refractivity contribution in [3.8, 4) is 0 Å². The summed E-state index contributed by atoms with van der Waals surface area (Å²) in [4.78, 5) is 34.2. The van der Waals surface area contributed by atoms with Crippen molar-refractivity contribution < 1.29 is 19.2 Å². The summed E-state index contributed by atoms with van der Waals surface area (Å²) in [5.74, 6) is -1.18. The molecular weight excluding hydrogens is 312 g/mol. The monoisotopic (exact) mass is 326 g/mol. The number of carbonyl (C=O) groups excluding carboxylic acids is 2. The van der Waals surface area contributed by atoms with Crippen molar-refractivity contribution in [1.29, 1.82) is 0 Å². The van der Waals surface area contributed by atoms with E-state index < -0.39 is 16.7 Å². The van der Waals surface area contributed by atoms with Gasteiger partial charge in [-0.05, 0) is 24.3 Å². The number of para-hydroxylation sites is 1. The molecule has 122 valence electrons. The Balaban J connectivity index is 2.26. The van der Waals surface area contributed by atoms with E-state index in [1.165, 1.54) is 31.4 Å². The summed E-state index contributed by atoms with van der Waals surface area (Å²) in [6, 6.07) is 13.9. The number of nitrogens with zero attached hydrogens (tertiary/aromatic N) is 1. The zero-order valence-electron chi connectivity index (χ0n) is 12.8. The smallest absolute Gasteiger partial charge is 0.354 e. The van der Waals surface area contributed by atoms with Gasteiger partial charge in [0, 0.05) is 29.5 Å². The molecule has 0 aliphatic carbocycles. The van der Waals surface area contributed by atoms with Gasteiger partial charge in [-0.25, -0.2) is 4.79 Å². The van der Waals surface area contributed by atoms with Crippen LogP contribution in [0.4, 0.5) is 11.4 Å². The fourth-order valence-electron chi connectivity index (χ4n) is 1.89. The van der Waals surface area contributed by atoms with E-state index in [1.807, 2.05) is 6.07 Å². The van der Waals surface area contributed by atoms with Crippen LogP contribution >= 0.6 is 0 Å². The number of nitro groups is 1. The number of ketones is 1. The number of methoxy groups -OCH3 is 1. The van der Waals surface area contributed by atoms with Crippen LogP contribution in [0.5, 0.6) is 0 Å². The van der Waals surface area contributed by atoms with E-state index in [0.29, 0.717) is 5.69 Å². The molecule has 0 aliphatic heterocycles. The molecule has 2 aromatic rings. The van der Waals surface area contributed by atoms with Crippen LogP contribution in [0.2, 0.25) is 0 Å². The lowest BCUT2D eigenvalue weighted by Crippen LogP contribution is -2.15. The van der Waals surface area contributed by atoms with E-state index in [0.717, 1.165) is 6.08 Å². The number of nitro benzene ring substituents is 1. The van der Waals surface area contributed by atoms with Crippen molar-refractivity contribution in [3.05, 3.63) is 82.0 Å². The summed E-state index contributed by atoms with van der Waals surface area (Å²) >= 11 is 0. The maximum absolute atomic E-state index is 12.3. The number of hydrogen-bond donors (Lipinski definition) is 1. The number of hydrogen-bond acceptors (Lipinski definition) is 6. The van der Waals surface area contributed by atoms with Gasteiger partial charge >= 0.3 is 5.97 Å². The van der Waals surface area contributed by atoms with Gasteiger partial charge < -0.3 is 10.1 Å². The molecule has 0 amide bonds. The lowest BCUT2D eigenvalue weighted by molar-refractivity contribution is -0.384. The zero-order valence-corrected chi connectivity index (χ0v) is 12.8. The zero-order chi connectivity index (χ0) is 17.5. The fraction of sp³-hybridized carbons (Fsp3) is 0.0588. The number of nitrogens with one attached hydrogen (secondary N) is 1. The SMILES string of the molecule is COC(=O)/C(=C\C(=O)c1ccc([N+](=O)[O-])cc1)Nc1ccccc1. The first-order chi connectivity index (χ1) is 11.5. The highest BCUT2D eigenvalue weighted by molar-refractivity contribution is 6.09. The van der Waals surface area contributed by atoms with Crippen LogP contribution in [-0.4, -0.2) is 23.8 Å². The third kappa shape index (κ3) is 4.26. The van der Waals surface area contributed by atoms with Crippen LogP contribution in [0.15, 0.2) is 66.4 Å². The molecule has 2 rings (SSSR count). The Kier molecular flexibility index (Phi) is 5.40. The Labute approximate surface area is 137 Å². The van der Waals surface area contributed by atoms with E-state index in [9.17, 15) is 19.7 Å². The molecule has 0 fully saturated rings. The van der Waals surface area contributed by atoms with Crippen LogP contribution < -0.4 is 5.32 Å². The Morgan fingerprint density at radius 3 is 2.25 bits per heavy atom. The van der Waals surface area contributed by atoms with E-state index in [2.05, 4.69) is 10.1 Å². The summed E-state index contributed by atoms with van der Waals surface area (Å²) in [5, 5.41) is 13.4. The predicted octanol–water partition coefficient (Wildman–Crippen LogP) is 2.95. The van der Waals surface area contributed by atoms with Gasteiger partial charge in [-0.15, -0.1) is 0 Å². The third-order valence-electron chi connectivity index (χ3n) is 3.10. The number of ether oxygens (including phenoxy) is 1. The fourth-order valence-corrected chi connectivity index (χ4v) is 1.89. The van der Waals surface area contributed by atoms with Gasteiger partial charge in [-0.3, -0.25) is 14.9 Å². The molecule has 24 heavy (non-hydrogen) atoms. The minimum atomic E-state index is -0.700. The maximum Gasteiger partial charge on any atom is 0.354 e. The number of non-ortho nitro benzene ring substituents is 1. The maximum atomic E-state index is 12.3. The van der Waals surface area contributed by atoms with E-state index in [-0.39, 0.29) is 16.9 Å². The van der Waals surface area contributed by atoms with Gasteiger partial charge in [-0.1, -0.05) is 18.2 Å². The molecule has 0 heterocycles. The number of benzene rings is 2. The van der Waals surface area contributed by atoms with Crippen LogP contribution in [0.3, 0.4) is 0 Å². The van der Waals surface area contributed by atoms with Crippen LogP contribution in [0, 0.1) is 10.1 Å². The van der Waals surface area contributed by atoms with E-state index in [1.54, 1.807) is 24.3 Å². The summed E-state index contributed by atoms with van der Waals surface area (Å²) in [6.45, 7) is 0. The topological polar surface area (TPSA) is 98.5 Å². The summed E-state index contributed by atoms with van der Waals surface area (Å²) in [7, 11) is 1.21. The molecule has 7 nitrogen and oxygen atoms in total. The van der Waals surface area contributed by atoms with Gasteiger partial charge in [0.15, 0.2) is 5.78 Å². The normalized spacial score (nSPS) is 10.8. The van der Waals surface area contributed by atoms with Gasteiger partial charge in [-0.2, -0.15) is 0 Å². The molecule has 0 spiro atoms. The first kappa shape index (κ1) is 16.9. The van der Waals surface area contributed by atoms with Gasteiger partial charge in [0.1, 0.15) is 5.70 Å². The Hall–Kier alpha value is -3.48. The van der Waals surface area contributed by atoms with Crippen molar-refractivity contribution in [2.75, 3.05) is 12.4 Å². The molecule has 1 N–H and O–H groups in total.